The lowest BCUT2D eigenvalue weighted by atomic mass is 10.2. The van der Waals surface area contributed by atoms with E-state index in [1.54, 1.807) is 19.0 Å². The number of hydrogen-bond acceptors (Lipinski definition) is 3. The van der Waals surface area contributed by atoms with E-state index in [2.05, 4.69) is 5.32 Å². The summed E-state index contributed by atoms with van der Waals surface area (Å²) in [6, 6.07) is -0.105. The predicted octanol–water partition coefficient (Wildman–Crippen LogP) is 0.0652. The highest BCUT2D eigenvalue weighted by Crippen LogP contribution is 2.27. The van der Waals surface area contributed by atoms with Crippen molar-refractivity contribution >= 4 is 11.8 Å². The van der Waals surface area contributed by atoms with Crippen LogP contribution in [0.2, 0.25) is 0 Å². The number of rotatable bonds is 5. The Bertz CT molecular complexity index is 326. The maximum atomic E-state index is 12.0. The van der Waals surface area contributed by atoms with Gasteiger partial charge in [-0.15, -0.1) is 0 Å². The van der Waals surface area contributed by atoms with Gasteiger partial charge in [0.1, 0.15) is 0 Å². The maximum absolute atomic E-state index is 12.0. The molecule has 0 radical (unpaired) electrons. The van der Waals surface area contributed by atoms with E-state index in [1.165, 1.54) is 12.8 Å². The molecule has 0 aromatic carbocycles. The molecule has 0 spiro atoms. The average molecular weight is 253 g/mol. The summed E-state index contributed by atoms with van der Waals surface area (Å²) >= 11 is 0. The standard InChI is InChI=1S/C13H23N3O2/c1-15(2)13(18)11-4-3-7-16(11)9-12(17)14-8-10-5-6-10/h10-11H,3-9H2,1-2H3,(H,14,17). The third kappa shape index (κ3) is 3.45. The summed E-state index contributed by atoms with van der Waals surface area (Å²) < 4.78 is 0. The normalized spacial score (nSPS) is 24.0. The van der Waals surface area contributed by atoms with Gasteiger partial charge in [0.25, 0.3) is 0 Å². The molecule has 1 saturated carbocycles. The molecule has 2 rings (SSSR count). The lowest BCUT2D eigenvalue weighted by Gasteiger charge is -2.25. The van der Waals surface area contributed by atoms with Gasteiger partial charge in [-0.25, -0.2) is 0 Å². The molecule has 2 aliphatic rings. The van der Waals surface area contributed by atoms with Gasteiger partial charge >= 0.3 is 0 Å². The van der Waals surface area contributed by atoms with Crippen molar-refractivity contribution in [1.29, 1.82) is 0 Å². The van der Waals surface area contributed by atoms with Crippen LogP contribution in [0.15, 0.2) is 0 Å². The number of likely N-dealkylation sites (tertiary alicyclic amines) is 1. The fourth-order valence-corrected chi connectivity index (χ4v) is 2.41. The number of hydrogen-bond donors (Lipinski definition) is 1. The van der Waals surface area contributed by atoms with Gasteiger partial charge in [0.2, 0.25) is 11.8 Å². The molecule has 1 aliphatic carbocycles. The summed E-state index contributed by atoms with van der Waals surface area (Å²) in [6.45, 7) is 2.01. The van der Waals surface area contributed by atoms with Crippen LogP contribution in [-0.2, 0) is 9.59 Å². The number of likely N-dealkylation sites (N-methyl/N-ethyl adjacent to an activating group) is 1. The molecule has 0 bridgehead atoms. The van der Waals surface area contributed by atoms with E-state index in [1.807, 2.05) is 4.90 Å². The van der Waals surface area contributed by atoms with Crippen molar-refractivity contribution in [3.63, 3.8) is 0 Å². The average Bonchev–Trinajstić information content (AvgIpc) is 3.05. The summed E-state index contributed by atoms with van der Waals surface area (Å²) in [6.07, 6.45) is 4.35. The zero-order valence-electron chi connectivity index (χ0n) is 11.3. The Labute approximate surface area is 108 Å². The van der Waals surface area contributed by atoms with Crippen molar-refractivity contribution in [2.45, 2.75) is 31.7 Å². The minimum atomic E-state index is -0.105. The zero-order valence-corrected chi connectivity index (χ0v) is 11.3. The number of carbonyl (C=O) groups excluding carboxylic acids is 2. The summed E-state index contributed by atoms with van der Waals surface area (Å²) in [7, 11) is 3.54. The van der Waals surface area contributed by atoms with Crippen LogP contribution in [0.25, 0.3) is 0 Å². The van der Waals surface area contributed by atoms with Gasteiger partial charge < -0.3 is 10.2 Å². The largest absolute Gasteiger partial charge is 0.355 e. The number of carbonyl (C=O) groups is 2. The molecule has 1 atom stereocenters. The maximum Gasteiger partial charge on any atom is 0.239 e. The molecule has 102 valence electrons. The van der Waals surface area contributed by atoms with Crippen LogP contribution in [0.3, 0.4) is 0 Å². The van der Waals surface area contributed by atoms with Gasteiger partial charge in [-0.3, -0.25) is 14.5 Å². The monoisotopic (exact) mass is 253 g/mol. The minimum absolute atomic E-state index is 0.0559. The SMILES string of the molecule is CN(C)C(=O)C1CCCN1CC(=O)NCC1CC1. The molecular formula is C13H23N3O2. The molecule has 18 heavy (non-hydrogen) atoms. The van der Waals surface area contributed by atoms with Crippen molar-refractivity contribution in [1.82, 2.24) is 15.1 Å². The van der Waals surface area contributed by atoms with Crippen LogP contribution in [-0.4, -0.2) is 61.4 Å². The van der Waals surface area contributed by atoms with E-state index in [0.717, 1.165) is 25.9 Å². The highest BCUT2D eigenvalue weighted by Gasteiger charge is 2.32. The highest BCUT2D eigenvalue weighted by molar-refractivity contribution is 5.83. The van der Waals surface area contributed by atoms with Gasteiger partial charge in [-0.1, -0.05) is 0 Å². The fourth-order valence-electron chi connectivity index (χ4n) is 2.41. The molecule has 1 aliphatic heterocycles. The van der Waals surface area contributed by atoms with Gasteiger partial charge in [-0.05, 0) is 38.1 Å². The molecule has 0 aromatic rings. The molecule has 1 unspecified atom stereocenters. The van der Waals surface area contributed by atoms with Crippen molar-refractivity contribution in [2.75, 3.05) is 33.7 Å². The molecule has 5 heteroatoms. The zero-order chi connectivity index (χ0) is 13.1. The van der Waals surface area contributed by atoms with Gasteiger partial charge in [0, 0.05) is 20.6 Å². The summed E-state index contributed by atoms with van der Waals surface area (Å²) in [5.74, 6) is 0.870. The topological polar surface area (TPSA) is 52.7 Å². The Hall–Kier alpha value is -1.10. The second kappa shape index (κ2) is 5.69. The summed E-state index contributed by atoms with van der Waals surface area (Å²) in [4.78, 5) is 27.4. The van der Waals surface area contributed by atoms with Crippen LogP contribution >= 0.6 is 0 Å². The van der Waals surface area contributed by atoms with Crippen molar-refractivity contribution < 1.29 is 9.59 Å². The fraction of sp³-hybridized carbons (Fsp3) is 0.846. The smallest absolute Gasteiger partial charge is 0.239 e. The first-order chi connectivity index (χ1) is 8.58. The predicted molar refractivity (Wildman–Crippen MR) is 69.0 cm³/mol. The quantitative estimate of drug-likeness (QED) is 0.754. The van der Waals surface area contributed by atoms with Crippen LogP contribution in [0.4, 0.5) is 0 Å². The number of amides is 2. The first-order valence-electron chi connectivity index (χ1n) is 6.80. The van der Waals surface area contributed by atoms with E-state index >= 15 is 0 Å². The van der Waals surface area contributed by atoms with E-state index < -0.39 is 0 Å². The van der Waals surface area contributed by atoms with Crippen LogP contribution in [0.1, 0.15) is 25.7 Å². The molecule has 5 nitrogen and oxygen atoms in total. The van der Waals surface area contributed by atoms with E-state index in [0.29, 0.717) is 12.5 Å². The molecular weight excluding hydrogens is 230 g/mol. The van der Waals surface area contributed by atoms with Crippen molar-refractivity contribution in [3.05, 3.63) is 0 Å². The lowest BCUT2D eigenvalue weighted by Crippen LogP contribution is -2.46. The van der Waals surface area contributed by atoms with E-state index in [4.69, 9.17) is 0 Å². The highest BCUT2D eigenvalue weighted by atomic mass is 16.2. The Morgan fingerprint density at radius 3 is 2.61 bits per heavy atom. The first-order valence-corrected chi connectivity index (χ1v) is 6.80. The van der Waals surface area contributed by atoms with Crippen LogP contribution < -0.4 is 5.32 Å². The molecule has 1 heterocycles. The Kier molecular flexibility index (Phi) is 4.22. The Morgan fingerprint density at radius 2 is 2.00 bits per heavy atom. The Balaban J connectivity index is 1.79. The summed E-state index contributed by atoms with van der Waals surface area (Å²) in [5.41, 5.74) is 0. The van der Waals surface area contributed by atoms with Crippen molar-refractivity contribution in [3.8, 4) is 0 Å². The minimum Gasteiger partial charge on any atom is -0.355 e. The number of nitrogens with one attached hydrogen (secondary N) is 1. The molecule has 1 saturated heterocycles. The second-order valence-corrected chi connectivity index (χ2v) is 5.61. The molecule has 2 amide bonds. The third-order valence-electron chi connectivity index (χ3n) is 3.72. The van der Waals surface area contributed by atoms with Crippen LogP contribution in [0, 0.1) is 5.92 Å². The number of nitrogens with zero attached hydrogens (tertiary/aromatic N) is 2. The van der Waals surface area contributed by atoms with Crippen LogP contribution in [0.5, 0.6) is 0 Å². The van der Waals surface area contributed by atoms with Gasteiger partial charge in [0.05, 0.1) is 12.6 Å². The third-order valence-corrected chi connectivity index (χ3v) is 3.72. The summed E-state index contributed by atoms with van der Waals surface area (Å²) in [5, 5.41) is 2.95. The van der Waals surface area contributed by atoms with E-state index in [-0.39, 0.29) is 17.9 Å². The Morgan fingerprint density at radius 1 is 1.28 bits per heavy atom. The molecule has 2 fully saturated rings. The van der Waals surface area contributed by atoms with Crippen molar-refractivity contribution in [2.24, 2.45) is 5.92 Å². The van der Waals surface area contributed by atoms with E-state index in [9.17, 15) is 9.59 Å². The van der Waals surface area contributed by atoms with Gasteiger partial charge in [-0.2, -0.15) is 0 Å². The van der Waals surface area contributed by atoms with Gasteiger partial charge in [0.15, 0.2) is 0 Å². The second-order valence-electron chi connectivity index (χ2n) is 5.61. The lowest BCUT2D eigenvalue weighted by molar-refractivity contribution is -0.134. The first kappa shape index (κ1) is 13.3. The molecule has 0 aromatic heterocycles. The molecule has 1 N–H and O–H groups in total.